The molecule has 0 aromatic heterocycles. The minimum Gasteiger partial charge on any atom is -0.324 e. The molecular weight excluding hydrogens is 286 g/mol. The van der Waals surface area contributed by atoms with E-state index in [1.165, 1.54) is 6.42 Å². The molecule has 1 saturated heterocycles. The normalized spacial score (nSPS) is 22.6. The largest absolute Gasteiger partial charge is 0.324 e. The van der Waals surface area contributed by atoms with Gasteiger partial charge in [0.05, 0.1) is 17.8 Å². The van der Waals surface area contributed by atoms with Gasteiger partial charge in [-0.25, -0.2) is 0 Å². The molecule has 1 fully saturated rings. The van der Waals surface area contributed by atoms with Crippen LogP contribution >= 0.6 is 11.6 Å². The third-order valence-electron chi connectivity index (χ3n) is 3.69. The molecule has 2 atom stereocenters. The number of anilines is 1. The lowest BCUT2D eigenvalue weighted by atomic mass is 9.92. The molecular formula is C16H20ClN3O. The van der Waals surface area contributed by atoms with E-state index in [4.69, 9.17) is 16.9 Å². The molecule has 2 rings (SSSR count). The van der Waals surface area contributed by atoms with Gasteiger partial charge in [0, 0.05) is 18.1 Å². The van der Waals surface area contributed by atoms with Gasteiger partial charge in [0.15, 0.2) is 0 Å². The van der Waals surface area contributed by atoms with Gasteiger partial charge in [0.1, 0.15) is 6.07 Å². The first kappa shape index (κ1) is 15.8. The quantitative estimate of drug-likeness (QED) is 0.933. The molecule has 1 aromatic rings. The maximum Gasteiger partial charge on any atom is 0.238 e. The predicted octanol–water partition coefficient (Wildman–Crippen LogP) is 3.13. The number of nitrogens with zero attached hydrogens (tertiary/aromatic N) is 2. The lowest BCUT2D eigenvalue weighted by Crippen LogP contribution is -2.42. The molecule has 0 saturated carbocycles. The zero-order chi connectivity index (χ0) is 15.4. The van der Waals surface area contributed by atoms with E-state index >= 15 is 0 Å². The van der Waals surface area contributed by atoms with Crippen molar-refractivity contribution < 1.29 is 4.79 Å². The Morgan fingerprint density at radius 1 is 1.43 bits per heavy atom. The molecule has 0 aliphatic carbocycles. The van der Waals surface area contributed by atoms with Crippen LogP contribution in [0, 0.1) is 23.2 Å². The van der Waals surface area contributed by atoms with Crippen LogP contribution in [0.3, 0.4) is 0 Å². The second-order valence-corrected chi connectivity index (χ2v) is 6.43. The Balaban J connectivity index is 1.99. The topological polar surface area (TPSA) is 56.1 Å². The summed E-state index contributed by atoms with van der Waals surface area (Å²) in [6.07, 6.45) is 1.21. The van der Waals surface area contributed by atoms with Crippen molar-refractivity contribution in [2.24, 2.45) is 11.8 Å². The Hall–Kier alpha value is -1.57. The number of halogens is 1. The SMILES string of the molecule is CC1CC(C)CN(CC(=O)Nc2cc(Cl)ccc2C#N)C1. The number of hydrogen-bond acceptors (Lipinski definition) is 3. The van der Waals surface area contributed by atoms with Crippen LogP contribution < -0.4 is 5.32 Å². The van der Waals surface area contributed by atoms with Crippen LogP contribution in [0.1, 0.15) is 25.8 Å². The summed E-state index contributed by atoms with van der Waals surface area (Å²) in [5.74, 6) is 1.12. The smallest absolute Gasteiger partial charge is 0.238 e. The first-order valence-electron chi connectivity index (χ1n) is 7.19. The van der Waals surface area contributed by atoms with Crippen molar-refractivity contribution in [2.75, 3.05) is 25.0 Å². The lowest BCUT2D eigenvalue weighted by molar-refractivity contribution is -0.117. The molecule has 21 heavy (non-hydrogen) atoms. The van der Waals surface area contributed by atoms with Crippen molar-refractivity contribution in [3.8, 4) is 6.07 Å². The highest BCUT2D eigenvalue weighted by Crippen LogP contribution is 2.22. The number of nitrogens with one attached hydrogen (secondary N) is 1. The number of amides is 1. The second-order valence-electron chi connectivity index (χ2n) is 5.99. The van der Waals surface area contributed by atoms with E-state index < -0.39 is 0 Å². The van der Waals surface area contributed by atoms with E-state index in [1.807, 2.05) is 0 Å². The van der Waals surface area contributed by atoms with Crippen molar-refractivity contribution in [2.45, 2.75) is 20.3 Å². The first-order chi connectivity index (χ1) is 9.97. The van der Waals surface area contributed by atoms with Crippen LogP contribution in [0.2, 0.25) is 5.02 Å². The zero-order valence-electron chi connectivity index (χ0n) is 12.4. The Morgan fingerprint density at radius 3 is 2.71 bits per heavy atom. The maximum absolute atomic E-state index is 12.2. The minimum absolute atomic E-state index is 0.102. The fraction of sp³-hybridized carbons (Fsp3) is 0.500. The summed E-state index contributed by atoms with van der Waals surface area (Å²) in [6, 6.07) is 6.93. The van der Waals surface area contributed by atoms with Crippen molar-refractivity contribution >= 4 is 23.2 Å². The highest BCUT2D eigenvalue weighted by atomic mass is 35.5. The lowest BCUT2D eigenvalue weighted by Gasteiger charge is -2.34. The molecule has 2 unspecified atom stereocenters. The van der Waals surface area contributed by atoms with E-state index in [2.05, 4.69) is 30.1 Å². The summed E-state index contributed by atoms with van der Waals surface area (Å²) in [5, 5.41) is 12.4. The monoisotopic (exact) mass is 305 g/mol. The Kier molecular flexibility index (Phi) is 5.22. The van der Waals surface area contributed by atoms with E-state index in [9.17, 15) is 4.79 Å². The molecule has 1 N–H and O–H groups in total. The van der Waals surface area contributed by atoms with Gasteiger partial charge < -0.3 is 5.32 Å². The number of carbonyl (C=O) groups excluding carboxylic acids is 1. The third-order valence-corrected chi connectivity index (χ3v) is 3.92. The number of rotatable bonds is 3. The van der Waals surface area contributed by atoms with Gasteiger partial charge in [0.25, 0.3) is 0 Å². The van der Waals surface area contributed by atoms with Crippen molar-refractivity contribution in [1.29, 1.82) is 5.26 Å². The number of benzene rings is 1. The molecule has 1 aromatic carbocycles. The van der Waals surface area contributed by atoms with Crippen LogP contribution in [-0.2, 0) is 4.79 Å². The summed E-state index contributed by atoms with van der Waals surface area (Å²) in [4.78, 5) is 14.3. The minimum atomic E-state index is -0.102. The van der Waals surface area contributed by atoms with Crippen LogP contribution in [-0.4, -0.2) is 30.4 Å². The average molecular weight is 306 g/mol. The van der Waals surface area contributed by atoms with Gasteiger partial charge in [-0.05, 0) is 36.5 Å². The van der Waals surface area contributed by atoms with Crippen molar-refractivity contribution in [1.82, 2.24) is 4.90 Å². The van der Waals surface area contributed by atoms with E-state index in [0.29, 0.717) is 34.7 Å². The molecule has 112 valence electrons. The van der Waals surface area contributed by atoms with Crippen LogP contribution in [0.15, 0.2) is 18.2 Å². The summed E-state index contributed by atoms with van der Waals surface area (Å²) in [5.41, 5.74) is 0.904. The number of carbonyl (C=O) groups is 1. The van der Waals surface area contributed by atoms with Gasteiger partial charge in [-0.15, -0.1) is 0 Å². The number of piperidine rings is 1. The van der Waals surface area contributed by atoms with Crippen LogP contribution in [0.4, 0.5) is 5.69 Å². The molecule has 5 heteroatoms. The number of likely N-dealkylation sites (tertiary alicyclic amines) is 1. The molecule has 0 radical (unpaired) electrons. The third kappa shape index (κ3) is 4.45. The van der Waals surface area contributed by atoms with Gasteiger partial charge in [-0.3, -0.25) is 9.69 Å². The Morgan fingerprint density at radius 2 is 2.10 bits per heavy atom. The van der Waals surface area contributed by atoms with Crippen molar-refractivity contribution in [3.05, 3.63) is 28.8 Å². The highest BCUT2D eigenvalue weighted by molar-refractivity contribution is 6.31. The molecule has 1 amide bonds. The highest BCUT2D eigenvalue weighted by Gasteiger charge is 2.23. The second kappa shape index (κ2) is 6.93. The molecule has 0 bridgehead atoms. The standard InChI is InChI=1S/C16H20ClN3O/c1-11-5-12(2)9-20(8-11)10-16(21)19-15-6-14(17)4-3-13(15)7-18/h3-4,6,11-12H,5,8-10H2,1-2H3,(H,19,21). The predicted molar refractivity (Wildman–Crippen MR) is 84.2 cm³/mol. The molecule has 1 aliphatic rings. The summed E-state index contributed by atoms with van der Waals surface area (Å²) in [7, 11) is 0. The Bertz CT molecular complexity index is 557. The van der Waals surface area contributed by atoms with E-state index in [0.717, 1.165) is 13.1 Å². The molecule has 0 spiro atoms. The summed E-state index contributed by atoms with van der Waals surface area (Å²) >= 11 is 5.92. The fourth-order valence-electron chi connectivity index (χ4n) is 3.03. The van der Waals surface area contributed by atoms with Gasteiger partial charge in [-0.2, -0.15) is 5.26 Å². The maximum atomic E-state index is 12.2. The average Bonchev–Trinajstić information content (AvgIpc) is 2.37. The fourth-order valence-corrected chi connectivity index (χ4v) is 3.20. The van der Waals surface area contributed by atoms with E-state index in [1.54, 1.807) is 18.2 Å². The number of nitriles is 1. The first-order valence-corrected chi connectivity index (χ1v) is 7.57. The van der Waals surface area contributed by atoms with Crippen LogP contribution in [0.25, 0.3) is 0 Å². The number of hydrogen-bond donors (Lipinski definition) is 1. The van der Waals surface area contributed by atoms with Gasteiger partial charge in [0.2, 0.25) is 5.91 Å². The summed E-state index contributed by atoms with van der Waals surface area (Å²) < 4.78 is 0. The molecule has 1 heterocycles. The van der Waals surface area contributed by atoms with Gasteiger partial charge in [-0.1, -0.05) is 25.4 Å². The molecule has 4 nitrogen and oxygen atoms in total. The van der Waals surface area contributed by atoms with Crippen LogP contribution in [0.5, 0.6) is 0 Å². The molecule has 1 aliphatic heterocycles. The van der Waals surface area contributed by atoms with Gasteiger partial charge >= 0.3 is 0 Å². The Labute approximate surface area is 130 Å². The zero-order valence-corrected chi connectivity index (χ0v) is 13.2. The van der Waals surface area contributed by atoms with E-state index in [-0.39, 0.29) is 5.91 Å². The van der Waals surface area contributed by atoms with Crippen molar-refractivity contribution in [3.63, 3.8) is 0 Å². The summed E-state index contributed by atoms with van der Waals surface area (Å²) in [6.45, 7) is 6.67.